The van der Waals surface area contributed by atoms with Crippen LogP contribution in [-0.4, -0.2) is 0 Å². The largest absolute Gasteiger partial charge is 0.456 e. The molecule has 0 bridgehead atoms. The Bertz CT molecular complexity index is 782. The van der Waals surface area contributed by atoms with Crippen LogP contribution in [0.25, 0.3) is 11.1 Å². The lowest BCUT2D eigenvalue weighted by Gasteiger charge is -2.23. The van der Waals surface area contributed by atoms with Crippen molar-refractivity contribution in [2.75, 3.05) is 0 Å². The lowest BCUT2D eigenvalue weighted by molar-refractivity contribution is 0.481. The molecule has 2 aromatic rings. The maximum absolute atomic E-state index is 9.29. The Balaban J connectivity index is 1.99. The van der Waals surface area contributed by atoms with Crippen LogP contribution in [0.15, 0.2) is 48.5 Å². The third kappa shape index (κ3) is 1.94. The predicted molar refractivity (Wildman–Crippen MR) is 82.7 cm³/mol. The Morgan fingerprint density at radius 3 is 2.19 bits per heavy atom. The second-order valence-electron chi connectivity index (χ2n) is 5.62. The molecule has 4 rings (SSSR count). The minimum atomic E-state index is 0.113. The van der Waals surface area contributed by atoms with E-state index in [0.717, 1.165) is 36.3 Å². The summed E-state index contributed by atoms with van der Waals surface area (Å²) in [7, 11) is 0. The Kier molecular flexibility index (Phi) is 2.79. The van der Waals surface area contributed by atoms with Gasteiger partial charge in [0.2, 0.25) is 0 Å². The Morgan fingerprint density at radius 2 is 1.52 bits per heavy atom. The lowest BCUT2D eigenvalue weighted by atomic mass is 9.79. The summed E-state index contributed by atoms with van der Waals surface area (Å²) >= 11 is 0. The third-order valence-electron chi connectivity index (χ3n) is 4.38. The van der Waals surface area contributed by atoms with Crippen LogP contribution in [0.4, 0.5) is 0 Å². The molecule has 0 N–H and O–H groups in total. The van der Waals surface area contributed by atoms with E-state index in [1.807, 2.05) is 30.3 Å². The predicted octanol–water partition coefficient (Wildman–Crippen LogP) is 5.03. The van der Waals surface area contributed by atoms with Crippen LogP contribution in [0.1, 0.15) is 30.4 Å². The minimum absolute atomic E-state index is 0.113. The van der Waals surface area contributed by atoms with Crippen LogP contribution in [0, 0.1) is 17.2 Å². The van der Waals surface area contributed by atoms with E-state index in [0.29, 0.717) is 0 Å². The fourth-order valence-electron chi connectivity index (χ4n) is 3.35. The Morgan fingerprint density at radius 1 is 0.905 bits per heavy atom. The zero-order chi connectivity index (χ0) is 14.2. The highest BCUT2D eigenvalue weighted by Gasteiger charge is 2.28. The van der Waals surface area contributed by atoms with Crippen LogP contribution in [-0.2, 0) is 0 Å². The summed E-state index contributed by atoms with van der Waals surface area (Å²) < 4.78 is 6.14. The molecular weight excluding hydrogens is 258 g/mol. The van der Waals surface area contributed by atoms with Gasteiger partial charge in [-0.15, -0.1) is 0 Å². The van der Waals surface area contributed by atoms with Crippen LogP contribution in [0.3, 0.4) is 0 Å². The van der Waals surface area contributed by atoms with Crippen molar-refractivity contribution < 1.29 is 4.74 Å². The van der Waals surface area contributed by atoms with Crippen molar-refractivity contribution in [2.45, 2.75) is 19.3 Å². The highest BCUT2D eigenvalue weighted by Crippen LogP contribution is 2.48. The van der Waals surface area contributed by atoms with Gasteiger partial charge in [-0.25, -0.2) is 0 Å². The average Bonchev–Trinajstić information content (AvgIpc) is 2.69. The smallest absolute Gasteiger partial charge is 0.134 e. The van der Waals surface area contributed by atoms with E-state index in [2.05, 4.69) is 24.3 Å². The molecule has 1 aliphatic heterocycles. The molecule has 0 spiro atoms. The molecule has 2 heteroatoms. The van der Waals surface area contributed by atoms with Crippen LogP contribution >= 0.6 is 0 Å². The highest BCUT2D eigenvalue weighted by atomic mass is 16.5. The number of nitriles is 1. The first-order chi connectivity index (χ1) is 10.4. The molecule has 2 nitrogen and oxygen atoms in total. The second-order valence-corrected chi connectivity index (χ2v) is 5.62. The fraction of sp³-hybridized carbons (Fsp3) is 0.211. The zero-order valence-electron chi connectivity index (χ0n) is 11.7. The van der Waals surface area contributed by atoms with Crippen LogP contribution < -0.4 is 4.74 Å². The van der Waals surface area contributed by atoms with Gasteiger partial charge in [0.1, 0.15) is 11.5 Å². The molecule has 0 amide bonds. The van der Waals surface area contributed by atoms with E-state index in [9.17, 15) is 5.26 Å². The van der Waals surface area contributed by atoms with Gasteiger partial charge >= 0.3 is 0 Å². The normalized spacial score (nSPS) is 19.5. The maximum atomic E-state index is 9.29. The van der Waals surface area contributed by atoms with Gasteiger partial charge in [-0.3, -0.25) is 0 Å². The summed E-state index contributed by atoms with van der Waals surface area (Å²) in [6.07, 6.45) is 2.70. The van der Waals surface area contributed by atoms with E-state index in [-0.39, 0.29) is 5.92 Å². The van der Waals surface area contributed by atoms with Crippen molar-refractivity contribution in [1.29, 1.82) is 5.26 Å². The van der Waals surface area contributed by atoms with Crippen molar-refractivity contribution >= 4 is 11.1 Å². The van der Waals surface area contributed by atoms with Crippen LogP contribution in [0.2, 0.25) is 0 Å². The van der Waals surface area contributed by atoms with Gasteiger partial charge in [-0.1, -0.05) is 36.4 Å². The number of benzene rings is 2. The number of allylic oxidation sites excluding steroid dienone is 2. The van der Waals surface area contributed by atoms with Gasteiger partial charge in [-0.05, 0) is 42.5 Å². The molecule has 102 valence electrons. The molecule has 1 heterocycles. The first-order valence-electron chi connectivity index (χ1n) is 7.35. The highest BCUT2D eigenvalue weighted by molar-refractivity contribution is 5.96. The molecule has 0 saturated carbocycles. The van der Waals surface area contributed by atoms with Crippen molar-refractivity contribution in [3.8, 4) is 17.6 Å². The van der Waals surface area contributed by atoms with Gasteiger partial charge in [0, 0.05) is 11.1 Å². The number of hydrogen-bond donors (Lipinski definition) is 0. The number of para-hydroxylation sites is 2. The second kappa shape index (κ2) is 4.79. The first kappa shape index (κ1) is 12.2. The number of fused-ring (bicyclic) bond motifs is 4. The Hall–Kier alpha value is -2.53. The molecular formula is C19H15NO. The molecule has 0 fully saturated rings. The molecule has 1 atom stereocenters. The number of rotatable bonds is 0. The maximum Gasteiger partial charge on any atom is 0.134 e. The third-order valence-corrected chi connectivity index (χ3v) is 4.38. The zero-order valence-corrected chi connectivity index (χ0v) is 11.7. The van der Waals surface area contributed by atoms with Crippen molar-refractivity contribution in [3.05, 3.63) is 59.7 Å². The standard InChI is InChI=1S/C19H15NO/c20-12-13-9-10-14-15-5-1-3-7-18(15)21-19-8-4-2-6-16(19)17(14)11-13/h1-8,13H,9-11H2. The summed E-state index contributed by atoms with van der Waals surface area (Å²) in [6, 6.07) is 18.8. The molecule has 0 aromatic heterocycles. The molecule has 21 heavy (non-hydrogen) atoms. The monoisotopic (exact) mass is 273 g/mol. The molecule has 2 aromatic carbocycles. The van der Waals surface area contributed by atoms with E-state index in [1.165, 1.54) is 16.7 Å². The SMILES string of the molecule is N#CC1CCC2=C(C1)c1ccccc1Oc1ccccc12. The molecule has 1 aliphatic carbocycles. The van der Waals surface area contributed by atoms with Crippen molar-refractivity contribution in [1.82, 2.24) is 0 Å². The molecule has 1 unspecified atom stereocenters. The molecule has 2 aliphatic rings. The first-order valence-corrected chi connectivity index (χ1v) is 7.35. The number of nitrogens with zero attached hydrogens (tertiary/aromatic N) is 1. The lowest BCUT2D eigenvalue weighted by Crippen LogP contribution is -2.07. The van der Waals surface area contributed by atoms with Gasteiger partial charge < -0.3 is 4.74 Å². The minimum Gasteiger partial charge on any atom is -0.456 e. The summed E-state index contributed by atoms with van der Waals surface area (Å²) in [5.41, 5.74) is 4.96. The van der Waals surface area contributed by atoms with E-state index in [1.54, 1.807) is 0 Å². The summed E-state index contributed by atoms with van der Waals surface area (Å²) in [4.78, 5) is 0. The number of hydrogen-bond acceptors (Lipinski definition) is 2. The quantitative estimate of drug-likeness (QED) is 0.674. The van der Waals surface area contributed by atoms with Crippen LogP contribution in [0.5, 0.6) is 11.5 Å². The topological polar surface area (TPSA) is 33.0 Å². The summed E-state index contributed by atoms with van der Waals surface area (Å²) in [5, 5.41) is 9.29. The Labute approximate surface area is 124 Å². The van der Waals surface area contributed by atoms with E-state index in [4.69, 9.17) is 4.74 Å². The van der Waals surface area contributed by atoms with Gasteiger partial charge in [0.25, 0.3) is 0 Å². The van der Waals surface area contributed by atoms with E-state index >= 15 is 0 Å². The fourth-order valence-corrected chi connectivity index (χ4v) is 3.35. The molecule has 0 radical (unpaired) electrons. The van der Waals surface area contributed by atoms with Gasteiger partial charge in [0.05, 0.1) is 12.0 Å². The van der Waals surface area contributed by atoms with Gasteiger partial charge in [-0.2, -0.15) is 5.26 Å². The average molecular weight is 273 g/mol. The summed E-state index contributed by atoms with van der Waals surface area (Å²) in [5.74, 6) is 1.93. The van der Waals surface area contributed by atoms with Crippen molar-refractivity contribution in [2.24, 2.45) is 5.92 Å². The van der Waals surface area contributed by atoms with Gasteiger partial charge in [0.15, 0.2) is 0 Å². The number of ether oxygens (including phenoxy) is 1. The van der Waals surface area contributed by atoms with E-state index < -0.39 is 0 Å². The van der Waals surface area contributed by atoms with Crippen molar-refractivity contribution in [3.63, 3.8) is 0 Å². The summed E-state index contributed by atoms with van der Waals surface area (Å²) in [6.45, 7) is 0. The molecule has 0 saturated heterocycles.